The van der Waals surface area contributed by atoms with Crippen molar-refractivity contribution in [2.45, 2.75) is 20.3 Å². The summed E-state index contributed by atoms with van der Waals surface area (Å²) in [6, 6.07) is 11.3. The van der Waals surface area contributed by atoms with E-state index in [0.29, 0.717) is 0 Å². The molecule has 0 aliphatic carbocycles. The van der Waals surface area contributed by atoms with Crippen molar-refractivity contribution in [3.8, 4) is 5.75 Å². The molecule has 0 fully saturated rings. The fourth-order valence-electron chi connectivity index (χ4n) is 1.97. The summed E-state index contributed by atoms with van der Waals surface area (Å²) in [5, 5.41) is 10.6. The molecule has 0 aliphatic heterocycles. The van der Waals surface area contributed by atoms with Crippen LogP contribution in [0.25, 0.3) is 10.8 Å². The van der Waals surface area contributed by atoms with E-state index in [1.807, 2.05) is 36.4 Å². The number of fused-ring (bicyclic) bond motifs is 1. The van der Waals surface area contributed by atoms with E-state index in [0.717, 1.165) is 22.1 Å². The molecule has 0 bridgehead atoms. The van der Waals surface area contributed by atoms with E-state index in [9.17, 15) is 9.59 Å². The molecule has 0 unspecified atom stereocenters. The second-order valence-corrected chi connectivity index (χ2v) is 4.33. The Kier molecular flexibility index (Phi) is 5.26. The minimum atomic E-state index is -1.09. The van der Waals surface area contributed by atoms with Crippen LogP contribution >= 0.6 is 0 Å². The highest BCUT2D eigenvalue weighted by Crippen LogP contribution is 2.22. The van der Waals surface area contributed by atoms with Crippen LogP contribution in [0.3, 0.4) is 0 Å². The summed E-state index contributed by atoms with van der Waals surface area (Å²) in [5.41, 5.74) is 0.823. The van der Waals surface area contributed by atoms with Crippen LogP contribution in [-0.4, -0.2) is 24.0 Å². The molecule has 0 radical (unpaired) electrons. The van der Waals surface area contributed by atoms with Gasteiger partial charge in [-0.15, -0.1) is 0 Å². The van der Waals surface area contributed by atoms with Crippen molar-refractivity contribution in [3.05, 3.63) is 42.0 Å². The van der Waals surface area contributed by atoms with Crippen LogP contribution in [0.15, 0.2) is 36.4 Å². The molecular formula is C16H18O4. The van der Waals surface area contributed by atoms with Gasteiger partial charge in [-0.05, 0) is 28.5 Å². The van der Waals surface area contributed by atoms with Gasteiger partial charge in [0.25, 0.3) is 0 Å². The summed E-state index contributed by atoms with van der Waals surface area (Å²) in [4.78, 5) is 21.9. The minimum absolute atomic E-state index is 0. The first-order valence-electron chi connectivity index (χ1n) is 5.88. The second kappa shape index (κ2) is 6.70. The third-order valence-corrected chi connectivity index (χ3v) is 2.86. The molecule has 0 heterocycles. The zero-order chi connectivity index (χ0) is 13.8. The van der Waals surface area contributed by atoms with Gasteiger partial charge in [-0.1, -0.05) is 31.7 Å². The normalized spacial score (nSPS) is 9.85. The summed E-state index contributed by atoms with van der Waals surface area (Å²) in [7, 11) is 1.61. The summed E-state index contributed by atoms with van der Waals surface area (Å²) >= 11 is 0. The van der Waals surface area contributed by atoms with Crippen molar-refractivity contribution in [1.82, 2.24) is 0 Å². The van der Waals surface area contributed by atoms with Gasteiger partial charge in [-0.25, -0.2) is 0 Å². The Labute approximate surface area is 118 Å². The largest absolute Gasteiger partial charge is 0.497 e. The van der Waals surface area contributed by atoms with Crippen LogP contribution in [0.2, 0.25) is 0 Å². The number of carbonyl (C=O) groups is 2. The first kappa shape index (κ1) is 15.7. The number of hydrogen-bond acceptors (Lipinski definition) is 3. The topological polar surface area (TPSA) is 63.6 Å². The number of ether oxygens (including phenoxy) is 1. The molecule has 0 spiro atoms. The highest BCUT2D eigenvalue weighted by Gasteiger charge is 2.09. The van der Waals surface area contributed by atoms with Crippen molar-refractivity contribution < 1.29 is 19.4 Å². The van der Waals surface area contributed by atoms with Gasteiger partial charge in [0.2, 0.25) is 0 Å². The Morgan fingerprint density at radius 1 is 1.10 bits per heavy atom. The Morgan fingerprint density at radius 3 is 2.40 bits per heavy atom. The van der Waals surface area contributed by atoms with Crippen LogP contribution in [0.5, 0.6) is 5.75 Å². The third kappa shape index (κ3) is 3.82. The highest BCUT2D eigenvalue weighted by molar-refractivity contribution is 5.96. The van der Waals surface area contributed by atoms with Gasteiger partial charge >= 0.3 is 5.97 Å². The molecule has 4 heteroatoms. The van der Waals surface area contributed by atoms with E-state index >= 15 is 0 Å². The highest BCUT2D eigenvalue weighted by atomic mass is 16.5. The summed E-state index contributed by atoms with van der Waals surface area (Å²) in [6.07, 6.45) is -0.283. The molecule has 4 nitrogen and oxygen atoms in total. The number of carbonyl (C=O) groups excluding carboxylic acids is 1. The summed E-state index contributed by atoms with van der Waals surface area (Å²) in [5.74, 6) is -0.599. The standard InChI is InChI=1S/C15H14O4.CH4/c1-19-14-5-4-11-6-10(2-3-12(11)8-14)7-13(16)9-15(17)18;/h2-6,8H,7,9H2,1H3,(H,17,18);1H4. The molecule has 106 valence electrons. The van der Waals surface area contributed by atoms with Gasteiger partial charge < -0.3 is 9.84 Å². The maximum Gasteiger partial charge on any atom is 0.310 e. The first-order chi connectivity index (χ1) is 9.08. The monoisotopic (exact) mass is 274 g/mol. The molecule has 0 aromatic heterocycles. The van der Waals surface area contributed by atoms with Crippen molar-refractivity contribution >= 4 is 22.5 Å². The maximum atomic E-state index is 11.5. The third-order valence-electron chi connectivity index (χ3n) is 2.86. The van der Waals surface area contributed by atoms with E-state index in [1.165, 1.54) is 0 Å². The Balaban J connectivity index is 0.00000200. The zero-order valence-corrected chi connectivity index (χ0v) is 10.6. The lowest BCUT2D eigenvalue weighted by molar-refractivity contribution is -0.140. The summed E-state index contributed by atoms with van der Waals surface area (Å²) < 4.78 is 5.14. The van der Waals surface area contributed by atoms with Gasteiger partial charge in [0.15, 0.2) is 0 Å². The average molecular weight is 274 g/mol. The number of methoxy groups -OCH3 is 1. The molecule has 2 rings (SSSR count). The number of Topliss-reactive ketones (excluding diaryl/α,β-unsaturated/α-hetero) is 1. The predicted octanol–water partition coefficient (Wildman–Crippen LogP) is 3.07. The smallest absolute Gasteiger partial charge is 0.310 e. The number of rotatable bonds is 5. The molecule has 1 N–H and O–H groups in total. The van der Waals surface area contributed by atoms with Crippen molar-refractivity contribution in [2.75, 3.05) is 7.11 Å². The number of carboxylic acids is 1. The van der Waals surface area contributed by atoms with Crippen LogP contribution in [-0.2, 0) is 16.0 Å². The molecular weight excluding hydrogens is 256 g/mol. The number of benzene rings is 2. The van der Waals surface area contributed by atoms with E-state index in [4.69, 9.17) is 9.84 Å². The van der Waals surface area contributed by atoms with Crippen LogP contribution in [0.4, 0.5) is 0 Å². The van der Waals surface area contributed by atoms with Crippen LogP contribution < -0.4 is 4.74 Å². The van der Waals surface area contributed by atoms with Gasteiger partial charge in [-0.3, -0.25) is 9.59 Å². The van der Waals surface area contributed by atoms with Crippen LogP contribution in [0.1, 0.15) is 19.4 Å². The fourth-order valence-corrected chi connectivity index (χ4v) is 1.97. The number of hydrogen-bond donors (Lipinski definition) is 1. The molecule has 0 aliphatic rings. The fraction of sp³-hybridized carbons (Fsp3) is 0.250. The summed E-state index contributed by atoms with van der Waals surface area (Å²) in [6.45, 7) is 0. The number of ketones is 1. The molecule has 0 saturated heterocycles. The van der Waals surface area contributed by atoms with Crippen molar-refractivity contribution in [2.24, 2.45) is 0 Å². The average Bonchev–Trinajstić information content (AvgIpc) is 2.37. The lowest BCUT2D eigenvalue weighted by atomic mass is 10.0. The molecule has 0 saturated carbocycles. The number of carboxylic acid groups (broad SMARTS) is 1. The lowest BCUT2D eigenvalue weighted by Crippen LogP contribution is -2.09. The molecule has 20 heavy (non-hydrogen) atoms. The quantitative estimate of drug-likeness (QED) is 0.851. The van der Waals surface area contributed by atoms with E-state index in [1.54, 1.807) is 7.11 Å². The van der Waals surface area contributed by atoms with Gasteiger partial charge in [0.05, 0.1) is 7.11 Å². The van der Waals surface area contributed by atoms with E-state index < -0.39 is 12.4 Å². The van der Waals surface area contributed by atoms with Crippen molar-refractivity contribution in [1.29, 1.82) is 0 Å². The van der Waals surface area contributed by atoms with Gasteiger partial charge in [0, 0.05) is 6.42 Å². The van der Waals surface area contributed by atoms with Gasteiger partial charge in [0.1, 0.15) is 18.0 Å². The number of aliphatic carboxylic acids is 1. The van der Waals surface area contributed by atoms with E-state index in [2.05, 4.69) is 0 Å². The molecule has 0 atom stereocenters. The van der Waals surface area contributed by atoms with Crippen LogP contribution in [0, 0.1) is 0 Å². The first-order valence-corrected chi connectivity index (χ1v) is 5.88. The zero-order valence-electron chi connectivity index (χ0n) is 10.6. The second-order valence-electron chi connectivity index (χ2n) is 4.33. The maximum absolute atomic E-state index is 11.5. The Hall–Kier alpha value is -2.36. The Morgan fingerprint density at radius 2 is 1.75 bits per heavy atom. The molecule has 2 aromatic rings. The van der Waals surface area contributed by atoms with Crippen molar-refractivity contribution in [3.63, 3.8) is 0 Å². The molecule has 0 amide bonds. The predicted molar refractivity (Wildman–Crippen MR) is 78.2 cm³/mol. The SMILES string of the molecule is C.COc1ccc2cc(CC(=O)CC(=O)O)ccc2c1. The lowest BCUT2D eigenvalue weighted by Gasteiger charge is -2.05. The minimum Gasteiger partial charge on any atom is -0.497 e. The van der Waals surface area contributed by atoms with E-state index in [-0.39, 0.29) is 19.6 Å². The Bertz CT molecular complexity index is 631. The molecule has 2 aromatic carbocycles. The van der Waals surface area contributed by atoms with Gasteiger partial charge in [-0.2, -0.15) is 0 Å².